The topological polar surface area (TPSA) is 54.5 Å². The molecule has 6 heteroatoms. The lowest BCUT2D eigenvalue weighted by Gasteiger charge is -2.44. The molecule has 2 aromatic rings. The van der Waals surface area contributed by atoms with Crippen LogP contribution in [0.25, 0.3) is 0 Å². The van der Waals surface area contributed by atoms with E-state index in [1.165, 1.54) is 12.1 Å². The minimum atomic E-state index is -3.58. The summed E-state index contributed by atoms with van der Waals surface area (Å²) >= 11 is 0. The lowest BCUT2D eigenvalue weighted by molar-refractivity contribution is -0.118. The number of allylic oxidation sites excluding steroid dienone is 4. The van der Waals surface area contributed by atoms with Gasteiger partial charge in [-0.1, -0.05) is 43.7 Å². The van der Waals surface area contributed by atoms with Crippen molar-refractivity contribution in [1.29, 1.82) is 0 Å². The highest BCUT2D eigenvalue weighted by atomic mass is 32.2. The molecule has 1 unspecified atom stereocenters. The van der Waals surface area contributed by atoms with E-state index >= 15 is 0 Å². The van der Waals surface area contributed by atoms with E-state index in [0.717, 1.165) is 16.9 Å². The zero-order valence-electron chi connectivity index (χ0n) is 18.5. The number of carbonyl (C=O) groups is 1. The van der Waals surface area contributed by atoms with E-state index in [0.29, 0.717) is 36.1 Å². The van der Waals surface area contributed by atoms with Gasteiger partial charge in [-0.25, -0.2) is 12.8 Å². The van der Waals surface area contributed by atoms with Gasteiger partial charge in [0.15, 0.2) is 15.6 Å². The number of aryl methyl sites for hydroxylation is 1. The summed E-state index contributed by atoms with van der Waals surface area (Å²) in [4.78, 5) is 15.8. The SMILES string of the molecule is Cc1ccc(N2C3=C(C(=O)CC(C)(C)C3)C(c3cccc(F)c3)C3=C2CCS3(=O)=O)cc1. The van der Waals surface area contributed by atoms with Gasteiger partial charge in [0.25, 0.3) is 0 Å². The van der Waals surface area contributed by atoms with Crippen LogP contribution in [0.1, 0.15) is 50.2 Å². The third-order valence-electron chi connectivity index (χ3n) is 6.69. The van der Waals surface area contributed by atoms with Gasteiger partial charge in [0, 0.05) is 35.5 Å². The van der Waals surface area contributed by atoms with Crippen LogP contribution in [0.15, 0.2) is 70.4 Å². The van der Waals surface area contributed by atoms with Crippen LogP contribution in [-0.4, -0.2) is 20.0 Å². The first-order valence-electron chi connectivity index (χ1n) is 10.9. The van der Waals surface area contributed by atoms with Gasteiger partial charge in [-0.05, 0) is 48.6 Å². The molecule has 2 aromatic carbocycles. The van der Waals surface area contributed by atoms with Crippen LogP contribution in [0.4, 0.5) is 10.1 Å². The number of hydrogen-bond donors (Lipinski definition) is 0. The Balaban J connectivity index is 1.83. The van der Waals surface area contributed by atoms with Crippen molar-refractivity contribution in [2.24, 2.45) is 5.41 Å². The fraction of sp³-hybridized carbons (Fsp3) is 0.346. The smallest absolute Gasteiger partial charge is 0.177 e. The maximum atomic E-state index is 14.2. The first-order valence-corrected chi connectivity index (χ1v) is 12.6. The number of ketones is 1. The molecule has 4 nitrogen and oxygen atoms in total. The van der Waals surface area contributed by atoms with Crippen molar-refractivity contribution in [3.63, 3.8) is 0 Å². The largest absolute Gasteiger partial charge is 0.316 e. The summed E-state index contributed by atoms with van der Waals surface area (Å²) in [6.07, 6.45) is 1.36. The third kappa shape index (κ3) is 3.32. The van der Waals surface area contributed by atoms with Crippen molar-refractivity contribution in [2.45, 2.75) is 46.0 Å². The number of benzene rings is 2. The monoisotopic (exact) mass is 451 g/mol. The van der Waals surface area contributed by atoms with Crippen LogP contribution >= 0.6 is 0 Å². The summed E-state index contributed by atoms with van der Waals surface area (Å²) in [5, 5.41) is 0. The molecule has 0 spiro atoms. The Morgan fingerprint density at radius 1 is 1.03 bits per heavy atom. The van der Waals surface area contributed by atoms with Crippen molar-refractivity contribution >= 4 is 21.3 Å². The van der Waals surface area contributed by atoms with Crippen LogP contribution in [-0.2, 0) is 14.6 Å². The lowest BCUT2D eigenvalue weighted by atomic mass is 9.70. The molecule has 0 saturated carbocycles. The molecule has 2 aliphatic heterocycles. The zero-order chi connectivity index (χ0) is 22.8. The number of anilines is 1. The van der Waals surface area contributed by atoms with E-state index in [1.807, 2.05) is 36.1 Å². The summed E-state index contributed by atoms with van der Waals surface area (Å²) in [5.41, 5.74) is 4.29. The molecule has 0 aromatic heterocycles. The van der Waals surface area contributed by atoms with Gasteiger partial charge in [-0.15, -0.1) is 0 Å². The van der Waals surface area contributed by atoms with Crippen LogP contribution in [0, 0.1) is 18.2 Å². The Morgan fingerprint density at radius 3 is 2.44 bits per heavy atom. The molecule has 32 heavy (non-hydrogen) atoms. The van der Waals surface area contributed by atoms with E-state index in [2.05, 4.69) is 13.8 Å². The van der Waals surface area contributed by atoms with Crippen molar-refractivity contribution in [3.05, 3.63) is 87.3 Å². The lowest BCUT2D eigenvalue weighted by Crippen LogP contribution is -2.39. The number of rotatable bonds is 2. The summed E-state index contributed by atoms with van der Waals surface area (Å²) in [6, 6.07) is 13.9. The van der Waals surface area contributed by atoms with Gasteiger partial charge in [-0.2, -0.15) is 0 Å². The van der Waals surface area contributed by atoms with Crippen LogP contribution < -0.4 is 4.90 Å². The highest BCUT2D eigenvalue weighted by Crippen LogP contribution is 2.54. The second kappa shape index (κ2) is 7.14. The number of carbonyl (C=O) groups excluding carboxylic acids is 1. The van der Waals surface area contributed by atoms with Crippen LogP contribution in [0.2, 0.25) is 0 Å². The molecule has 1 aliphatic carbocycles. The average molecular weight is 452 g/mol. The second-order valence-corrected chi connectivity index (χ2v) is 11.9. The van der Waals surface area contributed by atoms with E-state index in [1.54, 1.807) is 12.1 Å². The standard InChI is InChI=1S/C26H26FNO3S/c1-16-7-9-19(10-8-16)28-20-11-12-32(30,31)25(20)23(17-5-4-6-18(27)13-17)24-21(28)14-26(2,3)15-22(24)29/h4-10,13,23H,11-12,14-15H2,1-3H3. The molecule has 0 amide bonds. The number of halogens is 1. The van der Waals surface area contributed by atoms with Crippen LogP contribution in [0.5, 0.6) is 0 Å². The first kappa shape index (κ1) is 21.1. The van der Waals surface area contributed by atoms with Gasteiger partial charge in [0.2, 0.25) is 0 Å². The Morgan fingerprint density at radius 2 is 1.75 bits per heavy atom. The van der Waals surface area contributed by atoms with E-state index in [9.17, 15) is 17.6 Å². The van der Waals surface area contributed by atoms with E-state index in [-0.39, 0.29) is 21.9 Å². The van der Waals surface area contributed by atoms with Gasteiger partial charge in [-0.3, -0.25) is 4.79 Å². The fourth-order valence-electron chi connectivity index (χ4n) is 5.34. The number of sulfone groups is 1. The van der Waals surface area contributed by atoms with E-state index in [4.69, 9.17) is 0 Å². The van der Waals surface area contributed by atoms with Gasteiger partial charge >= 0.3 is 0 Å². The highest BCUT2D eigenvalue weighted by molar-refractivity contribution is 7.95. The minimum absolute atomic E-state index is 0.00396. The molecule has 5 rings (SSSR count). The molecular formula is C26H26FNO3S. The molecule has 1 atom stereocenters. The molecule has 0 N–H and O–H groups in total. The normalized spacial score (nSPS) is 23.9. The highest BCUT2D eigenvalue weighted by Gasteiger charge is 2.50. The van der Waals surface area contributed by atoms with Crippen molar-refractivity contribution in [1.82, 2.24) is 0 Å². The van der Waals surface area contributed by atoms with Crippen molar-refractivity contribution < 1.29 is 17.6 Å². The zero-order valence-corrected chi connectivity index (χ0v) is 19.3. The molecular weight excluding hydrogens is 425 g/mol. The third-order valence-corrected chi connectivity index (χ3v) is 8.57. The molecule has 3 aliphatic rings. The maximum Gasteiger partial charge on any atom is 0.177 e. The van der Waals surface area contributed by atoms with Crippen LogP contribution in [0.3, 0.4) is 0 Å². The molecule has 166 valence electrons. The Bertz CT molecular complexity index is 1300. The fourth-order valence-corrected chi connectivity index (χ4v) is 7.19. The minimum Gasteiger partial charge on any atom is -0.316 e. The van der Waals surface area contributed by atoms with Crippen molar-refractivity contribution in [2.75, 3.05) is 10.7 Å². The molecule has 0 radical (unpaired) electrons. The Kier molecular flexibility index (Phi) is 4.71. The Hall–Kier alpha value is -2.73. The maximum absolute atomic E-state index is 14.2. The molecule has 2 heterocycles. The number of hydrogen-bond acceptors (Lipinski definition) is 4. The molecule has 0 saturated heterocycles. The van der Waals surface area contributed by atoms with Crippen molar-refractivity contribution in [3.8, 4) is 0 Å². The molecule has 0 fully saturated rings. The predicted octanol–water partition coefficient (Wildman–Crippen LogP) is 5.41. The first-order chi connectivity index (χ1) is 15.1. The number of nitrogens with zero attached hydrogens (tertiary/aromatic N) is 1. The van der Waals surface area contributed by atoms with Gasteiger partial charge < -0.3 is 4.90 Å². The van der Waals surface area contributed by atoms with Gasteiger partial charge in [0.05, 0.1) is 16.6 Å². The number of Topliss-reactive ketones (excluding diaryl/α,β-unsaturated/α-hetero) is 1. The summed E-state index contributed by atoms with van der Waals surface area (Å²) in [6.45, 7) is 6.13. The second-order valence-electron chi connectivity index (χ2n) is 9.84. The summed E-state index contributed by atoms with van der Waals surface area (Å²) in [5.74, 6) is -1.25. The van der Waals surface area contributed by atoms with Gasteiger partial charge in [0.1, 0.15) is 5.82 Å². The predicted molar refractivity (Wildman–Crippen MR) is 123 cm³/mol. The quantitative estimate of drug-likeness (QED) is 0.613. The Labute approximate surface area is 188 Å². The molecule has 0 bridgehead atoms. The average Bonchev–Trinajstić information content (AvgIpc) is 3.01. The summed E-state index contributed by atoms with van der Waals surface area (Å²) < 4.78 is 40.8. The van der Waals surface area contributed by atoms with E-state index < -0.39 is 21.6 Å². The summed E-state index contributed by atoms with van der Waals surface area (Å²) in [7, 11) is -3.58.